The molecule has 0 bridgehead atoms. The molecule has 1 aromatic heterocycles. The molecule has 0 saturated carbocycles. The van der Waals surface area contributed by atoms with Crippen molar-refractivity contribution < 1.29 is 4.42 Å². The Hall–Kier alpha value is -6.52. The van der Waals surface area contributed by atoms with Crippen molar-refractivity contribution in [2.45, 2.75) is 6.17 Å². The van der Waals surface area contributed by atoms with Crippen LogP contribution in [-0.4, -0.2) is 11.7 Å². The van der Waals surface area contributed by atoms with Gasteiger partial charge in [0.15, 0.2) is 5.84 Å². The van der Waals surface area contributed by atoms with Crippen molar-refractivity contribution in [3.8, 4) is 33.4 Å². The Morgan fingerprint density at radius 1 is 0.449 bits per heavy atom. The number of amidine groups is 2. The van der Waals surface area contributed by atoms with Crippen LogP contribution >= 0.6 is 0 Å². The summed E-state index contributed by atoms with van der Waals surface area (Å²) in [5.41, 5.74) is 11.6. The second kappa shape index (κ2) is 12.3. The van der Waals surface area contributed by atoms with Gasteiger partial charge in [0.05, 0.1) is 0 Å². The van der Waals surface area contributed by atoms with Gasteiger partial charge < -0.3 is 9.73 Å². The lowest BCUT2D eigenvalue weighted by Crippen LogP contribution is -2.33. The molecular formula is C45H31N3O. The van der Waals surface area contributed by atoms with Crippen LogP contribution in [-0.2, 0) is 0 Å². The maximum atomic E-state index is 6.64. The molecule has 0 fully saturated rings. The van der Waals surface area contributed by atoms with Gasteiger partial charge in [-0.2, -0.15) is 0 Å². The smallest absolute Gasteiger partial charge is 0.160 e. The topological polar surface area (TPSA) is 49.9 Å². The van der Waals surface area contributed by atoms with Gasteiger partial charge in [-0.15, -0.1) is 0 Å². The number of aliphatic imine (C=N–C) groups is 2. The molecule has 0 radical (unpaired) electrons. The Morgan fingerprint density at radius 3 is 1.63 bits per heavy atom. The van der Waals surface area contributed by atoms with Gasteiger partial charge in [0.25, 0.3) is 0 Å². The normalized spacial score (nSPS) is 14.3. The molecule has 0 spiro atoms. The zero-order valence-corrected chi connectivity index (χ0v) is 26.6. The highest BCUT2D eigenvalue weighted by Crippen LogP contribution is 2.39. The van der Waals surface area contributed by atoms with Gasteiger partial charge in [0.2, 0.25) is 0 Å². The third-order valence-corrected chi connectivity index (χ3v) is 9.19. The van der Waals surface area contributed by atoms with Gasteiger partial charge >= 0.3 is 0 Å². The van der Waals surface area contributed by atoms with Crippen LogP contribution < -0.4 is 5.32 Å². The number of rotatable bonds is 6. The standard InChI is InChI=1S/C45H31N3O/c1-4-12-30(13-5-1)31-22-24-32(25-23-31)33-26-28-34(29-27-33)37-18-10-19-38-41-39(20-11-21-40(41)49-42(37)38)45-47-43(35-14-6-2-7-15-35)46-44(48-45)36-16-8-3-9-17-36/h1-29,43H,(H,46,47,48). The fourth-order valence-electron chi connectivity index (χ4n) is 6.71. The lowest BCUT2D eigenvalue weighted by Gasteiger charge is -2.23. The third-order valence-electron chi connectivity index (χ3n) is 9.19. The summed E-state index contributed by atoms with van der Waals surface area (Å²) in [4.78, 5) is 10.2. The summed E-state index contributed by atoms with van der Waals surface area (Å²) in [6.07, 6.45) is -0.277. The van der Waals surface area contributed by atoms with Crippen LogP contribution in [0.1, 0.15) is 22.9 Å². The largest absolute Gasteiger partial charge is 0.455 e. The Morgan fingerprint density at radius 2 is 0.980 bits per heavy atom. The highest BCUT2D eigenvalue weighted by molar-refractivity contribution is 6.22. The van der Waals surface area contributed by atoms with Crippen molar-refractivity contribution in [2.24, 2.45) is 9.98 Å². The van der Waals surface area contributed by atoms with Crippen molar-refractivity contribution in [3.63, 3.8) is 0 Å². The minimum Gasteiger partial charge on any atom is -0.455 e. The van der Waals surface area contributed by atoms with Crippen LogP contribution in [0.15, 0.2) is 190 Å². The van der Waals surface area contributed by atoms with E-state index in [2.05, 4.69) is 127 Å². The first-order valence-corrected chi connectivity index (χ1v) is 16.5. The second-order valence-corrected chi connectivity index (χ2v) is 12.2. The summed E-state index contributed by atoms with van der Waals surface area (Å²) < 4.78 is 6.64. The second-order valence-electron chi connectivity index (χ2n) is 12.2. The van der Waals surface area contributed by atoms with Gasteiger partial charge in [-0.05, 0) is 39.4 Å². The van der Waals surface area contributed by atoms with E-state index in [4.69, 9.17) is 14.4 Å². The first kappa shape index (κ1) is 28.7. The summed E-state index contributed by atoms with van der Waals surface area (Å²) in [6, 6.07) is 61.0. The third kappa shape index (κ3) is 5.39. The van der Waals surface area contributed by atoms with Crippen LogP contribution in [0.2, 0.25) is 0 Å². The summed E-state index contributed by atoms with van der Waals surface area (Å²) >= 11 is 0. The van der Waals surface area contributed by atoms with E-state index in [0.717, 1.165) is 55.6 Å². The zero-order chi connectivity index (χ0) is 32.6. The number of furan rings is 1. The molecule has 232 valence electrons. The Bertz CT molecular complexity index is 2480. The molecular weight excluding hydrogens is 599 g/mol. The minimum atomic E-state index is -0.277. The highest BCUT2D eigenvalue weighted by atomic mass is 16.3. The Kier molecular flexibility index (Phi) is 7.17. The van der Waals surface area contributed by atoms with Crippen molar-refractivity contribution in [1.29, 1.82) is 0 Å². The maximum Gasteiger partial charge on any atom is 0.160 e. The molecule has 0 saturated heterocycles. The van der Waals surface area contributed by atoms with Crippen LogP contribution in [0, 0.1) is 0 Å². The summed E-state index contributed by atoms with van der Waals surface area (Å²) in [6.45, 7) is 0. The molecule has 4 nitrogen and oxygen atoms in total. The number of para-hydroxylation sites is 1. The van der Waals surface area contributed by atoms with E-state index < -0.39 is 0 Å². The molecule has 4 heteroatoms. The molecule has 0 aliphatic carbocycles. The van der Waals surface area contributed by atoms with Gasteiger partial charge in [-0.1, -0.05) is 170 Å². The Labute approximate surface area is 284 Å². The SMILES string of the molecule is c1ccc(C2=NC(c3cccc4oc5c(-c6ccc(-c7ccc(-c8ccccc8)cc7)cc6)cccc5c34)=NC(c3ccccc3)N2)cc1. The first-order chi connectivity index (χ1) is 24.3. The van der Waals surface area contributed by atoms with E-state index in [1.165, 1.54) is 22.3 Å². The van der Waals surface area contributed by atoms with Crippen molar-refractivity contribution >= 4 is 33.6 Å². The van der Waals surface area contributed by atoms with Crippen molar-refractivity contribution in [3.05, 3.63) is 193 Å². The number of hydrogen-bond acceptors (Lipinski definition) is 4. The number of nitrogens with one attached hydrogen (secondary N) is 1. The first-order valence-electron chi connectivity index (χ1n) is 16.5. The lowest BCUT2D eigenvalue weighted by molar-refractivity contribution is 0.669. The van der Waals surface area contributed by atoms with Gasteiger partial charge in [0.1, 0.15) is 23.2 Å². The molecule has 1 aliphatic heterocycles. The van der Waals surface area contributed by atoms with E-state index >= 15 is 0 Å². The quantitative estimate of drug-likeness (QED) is 0.199. The minimum absolute atomic E-state index is 0.277. The molecule has 1 unspecified atom stereocenters. The fourth-order valence-corrected chi connectivity index (χ4v) is 6.71. The monoisotopic (exact) mass is 629 g/mol. The number of hydrogen-bond donors (Lipinski definition) is 1. The van der Waals surface area contributed by atoms with Crippen molar-refractivity contribution in [2.75, 3.05) is 0 Å². The molecule has 2 heterocycles. The molecule has 0 amide bonds. The summed E-state index contributed by atoms with van der Waals surface area (Å²) in [5, 5.41) is 5.61. The van der Waals surface area contributed by atoms with E-state index in [1.54, 1.807) is 0 Å². The van der Waals surface area contributed by atoms with Crippen LogP contribution in [0.5, 0.6) is 0 Å². The molecule has 8 aromatic rings. The molecule has 49 heavy (non-hydrogen) atoms. The number of fused-ring (bicyclic) bond motifs is 3. The number of benzene rings is 7. The van der Waals surface area contributed by atoms with E-state index in [0.29, 0.717) is 5.84 Å². The van der Waals surface area contributed by atoms with Crippen LogP contribution in [0.4, 0.5) is 0 Å². The predicted molar refractivity (Wildman–Crippen MR) is 202 cm³/mol. The molecule has 1 aliphatic rings. The number of nitrogens with zero attached hydrogens (tertiary/aromatic N) is 2. The van der Waals surface area contributed by atoms with Crippen LogP contribution in [0.25, 0.3) is 55.3 Å². The molecule has 1 atom stereocenters. The van der Waals surface area contributed by atoms with Gasteiger partial charge in [-0.3, -0.25) is 0 Å². The van der Waals surface area contributed by atoms with Crippen molar-refractivity contribution in [1.82, 2.24) is 5.32 Å². The van der Waals surface area contributed by atoms with Gasteiger partial charge in [-0.25, -0.2) is 9.98 Å². The lowest BCUT2D eigenvalue weighted by atomic mass is 9.97. The molecule has 7 aromatic carbocycles. The average Bonchev–Trinajstić information content (AvgIpc) is 3.58. The predicted octanol–water partition coefficient (Wildman–Crippen LogP) is 11.1. The van der Waals surface area contributed by atoms with Crippen LogP contribution in [0.3, 0.4) is 0 Å². The van der Waals surface area contributed by atoms with E-state index in [9.17, 15) is 0 Å². The van der Waals surface area contributed by atoms with Gasteiger partial charge in [0, 0.05) is 27.5 Å². The maximum absolute atomic E-state index is 6.64. The fraction of sp³-hybridized carbons (Fsp3) is 0.0222. The van der Waals surface area contributed by atoms with E-state index in [-0.39, 0.29) is 6.17 Å². The zero-order valence-electron chi connectivity index (χ0n) is 26.6. The Balaban J connectivity index is 1.11. The average molecular weight is 630 g/mol. The highest BCUT2D eigenvalue weighted by Gasteiger charge is 2.24. The summed E-state index contributed by atoms with van der Waals surface area (Å²) in [5.74, 6) is 1.47. The molecule has 1 N–H and O–H groups in total. The summed E-state index contributed by atoms with van der Waals surface area (Å²) in [7, 11) is 0. The molecule has 9 rings (SSSR count). The van der Waals surface area contributed by atoms with E-state index in [1.807, 2.05) is 54.6 Å².